The third-order valence-corrected chi connectivity index (χ3v) is 7.47. The van der Waals surface area contributed by atoms with E-state index in [0.29, 0.717) is 29.4 Å². The van der Waals surface area contributed by atoms with E-state index < -0.39 is 6.43 Å². The highest BCUT2D eigenvalue weighted by Gasteiger charge is 2.49. The minimum absolute atomic E-state index is 0.0161. The van der Waals surface area contributed by atoms with Gasteiger partial charge in [0.25, 0.3) is 12.3 Å². The van der Waals surface area contributed by atoms with Crippen LogP contribution in [0.25, 0.3) is 21.2 Å². The molecule has 8 heteroatoms. The SMILES string of the molecule is O=C1CCC2(CN(C(=O)c3sc4cc(-c5ccc(C(F)F)cc5)ccc4c3Cl)C2)N1. The summed E-state index contributed by atoms with van der Waals surface area (Å²) in [6.07, 6.45) is -1.24. The van der Waals surface area contributed by atoms with Crippen LogP contribution in [-0.2, 0) is 4.79 Å². The Hall–Kier alpha value is -2.51. The van der Waals surface area contributed by atoms with E-state index in [-0.39, 0.29) is 22.9 Å². The Kier molecular flexibility index (Phi) is 4.56. The number of thiophene rings is 1. The molecule has 0 saturated carbocycles. The molecule has 2 fully saturated rings. The maximum Gasteiger partial charge on any atom is 0.265 e. The Bertz CT molecular complexity index is 1170. The van der Waals surface area contributed by atoms with E-state index in [9.17, 15) is 18.4 Å². The number of halogens is 3. The number of carbonyl (C=O) groups excluding carboxylic acids is 2. The summed E-state index contributed by atoms with van der Waals surface area (Å²) in [6.45, 7) is 1.01. The number of hydrogen-bond acceptors (Lipinski definition) is 3. The molecule has 0 atom stereocenters. The molecule has 0 unspecified atom stereocenters. The lowest BCUT2D eigenvalue weighted by Crippen LogP contribution is -2.68. The minimum atomic E-state index is -2.50. The Morgan fingerprint density at radius 3 is 2.47 bits per heavy atom. The van der Waals surface area contributed by atoms with Crippen LogP contribution in [0.5, 0.6) is 0 Å². The fourth-order valence-corrected chi connectivity index (χ4v) is 5.70. The molecule has 0 radical (unpaired) electrons. The van der Waals surface area contributed by atoms with Gasteiger partial charge in [-0.1, -0.05) is 48.0 Å². The number of rotatable bonds is 3. The number of alkyl halides is 2. The third-order valence-electron chi connectivity index (χ3n) is 5.83. The number of fused-ring (bicyclic) bond motifs is 1. The van der Waals surface area contributed by atoms with Gasteiger partial charge in [-0.05, 0) is 23.6 Å². The predicted molar refractivity (Wildman–Crippen MR) is 113 cm³/mol. The van der Waals surface area contributed by atoms with Crippen molar-refractivity contribution < 1.29 is 18.4 Å². The van der Waals surface area contributed by atoms with Crippen LogP contribution in [-0.4, -0.2) is 35.3 Å². The number of nitrogens with zero attached hydrogens (tertiary/aromatic N) is 1. The van der Waals surface area contributed by atoms with Crippen LogP contribution in [0.1, 0.15) is 34.5 Å². The number of carbonyl (C=O) groups is 2. The maximum absolute atomic E-state index is 13.0. The third kappa shape index (κ3) is 3.17. The molecule has 3 heterocycles. The molecule has 3 aromatic rings. The van der Waals surface area contributed by atoms with Gasteiger partial charge in [0.05, 0.1) is 10.6 Å². The van der Waals surface area contributed by atoms with Gasteiger partial charge in [0.1, 0.15) is 4.88 Å². The number of likely N-dealkylation sites (tertiary alicyclic amines) is 1. The molecule has 5 rings (SSSR count). The first-order chi connectivity index (χ1) is 14.3. The molecule has 2 aromatic carbocycles. The average molecular weight is 447 g/mol. The van der Waals surface area contributed by atoms with Gasteiger partial charge in [-0.25, -0.2) is 8.78 Å². The molecule has 1 N–H and O–H groups in total. The first-order valence-corrected chi connectivity index (χ1v) is 10.8. The van der Waals surface area contributed by atoms with Crippen LogP contribution < -0.4 is 5.32 Å². The van der Waals surface area contributed by atoms with Crippen LogP contribution in [0, 0.1) is 0 Å². The van der Waals surface area contributed by atoms with Crippen molar-refractivity contribution in [2.24, 2.45) is 0 Å². The number of benzene rings is 2. The van der Waals surface area contributed by atoms with Gasteiger partial charge in [-0.2, -0.15) is 0 Å². The largest absolute Gasteiger partial charge is 0.347 e. The highest BCUT2D eigenvalue weighted by Crippen LogP contribution is 2.40. The summed E-state index contributed by atoms with van der Waals surface area (Å²) in [5.74, 6) is -0.0908. The molecule has 2 amide bonds. The predicted octanol–water partition coefficient (Wildman–Crippen LogP) is 5.26. The molecule has 1 aromatic heterocycles. The Balaban J connectivity index is 1.40. The molecular weight excluding hydrogens is 430 g/mol. The molecule has 0 bridgehead atoms. The van der Waals surface area contributed by atoms with Crippen LogP contribution >= 0.6 is 22.9 Å². The molecule has 30 heavy (non-hydrogen) atoms. The van der Waals surface area contributed by atoms with Gasteiger partial charge in [-0.15, -0.1) is 11.3 Å². The zero-order valence-electron chi connectivity index (χ0n) is 15.8. The lowest BCUT2D eigenvalue weighted by Gasteiger charge is -2.47. The van der Waals surface area contributed by atoms with Crippen LogP contribution in [0.4, 0.5) is 8.78 Å². The minimum Gasteiger partial charge on any atom is -0.347 e. The van der Waals surface area contributed by atoms with Gasteiger partial charge >= 0.3 is 0 Å². The Labute approximate surface area is 180 Å². The van der Waals surface area contributed by atoms with E-state index in [1.54, 1.807) is 17.0 Å². The van der Waals surface area contributed by atoms with Crippen molar-refractivity contribution in [2.75, 3.05) is 13.1 Å². The zero-order valence-corrected chi connectivity index (χ0v) is 17.3. The first kappa shape index (κ1) is 19.5. The highest BCUT2D eigenvalue weighted by atomic mass is 35.5. The Morgan fingerprint density at radius 2 is 1.83 bits per heavy atom. The van der Waals surface area contributed by atoms with E-state index in [2.05, 4.69) is 5.32 Å². The lowest BCUT2D eigenvalue weighted by atomic mass is 9.88. The van der Waals surface area contributed by atoms with Crippen molar-refractivity contribution in [3.8, 4) is 11.1 Å². The zero-order chi connectivity index (χ0) is 21.0. The average Bonchev–Trinajstić information content (AvgIpc) is 3.26. The van der Waals surface area contributed by atoms with E-state index in [1.165, 1.54) is 23.5 Å². The maximum atomic E-state index is 13.0. The normalized spacial score (nSPS) is 17.6. The number of nitrogens with one attached hydrogen (secondary N) is 1. The van der Waals surface area contributed by atoms with Crippen LogP contribution in [0.2, 0.25) is 5.02 Å². The monoisotopic (exact) mass is 446 g/mol. The van der Waals surface area contributed by atoms with Crippen molar-refractivity contribution in [3.63, 3.8) is 0 Å². The number of amides is 2. The van der Waals surface area contributed by atoms with Gasteiger partial charge in [-0.3, -0.25) is 9.59 Å². The standard InChI is InChI=1S/C22H17ClF2N2O2S/c23-18-15-6-5-14(12-1-3-13(4-2-12)20(24)25)9-16(15)30-19(18)21(29)27-10-22(11-27)8-7-17(28)26-22/h1-6,9,20H,7-8,10-11H2,(H,26,28). The molecule has 2 saturated heterocycles. The summed E-state index contributed by atoms with van der Waals surface area (Å²) in [5.41, 5.74) is 1.41. The van der Waals surface area contributed by atoms with E-state index >= 15 is 0 Å². The second-order valence-electron chi connectivity index (χ2n) is 7.87. The van der Waals surface area contributed by atoms with Gasteiger partial charge < -0.3 is 10.2 Å². The van der Waals surface area contributed by atoms with Crippen LogP contribution in [0.3, 0.4) is 0 Å². The van der Waals surface area contributed by atoms with E-state index in [4.69, 9.17) is 11.6 Å². The summed E-state index contributed by atoms with van der Waals surface area (Å²) < 4.78 is 26.4. The molecule has 2 aliphatic rings. The molecule has 0 aliphatic carbocycles. The summed E-state index contributed by atoms with van der Waals surface area (Å²) in [6, 6.07) is 11.8. The fourth-order valence-electron chi connectivity index (χ4n) is 4.19. The Morgan fingerprint density at radius 1 is 1.13 bits per heavy atom. The van der Waals surface area contributed by atoms with Gasteiger partial charge in [0.15, 0.2) is 0 Å². The second kappa shape index (κ2) is 7.03. The summed E-state index contributed by atoms with van der Waals surface area (Å²) in [4.78, 5) is 26.7. The van der Waals surface area contributed by atoms with Crippen LogP contribution in [0.15, 0.2) is 42.5 Å². The van der Waals surface area contributed by atoms with Gasteiger partial charge in [0, 0.05) is 35.2 Å². The smallest absolute Gasteiger partial charge is 0.265 e. The fraction of sp³-hybridized carbons (Fsp3) is 0.273. The molecule has 4 nitrogen and oxygen atoms in total. The topological polar surface area (TPSA) is 49.4 Å². The molecule has 2 aliphatic heterocycles. The van der Waals surface area contributed by atoms with E-state index in [1.807, 2.05) is 18.2 Å². The summed E-state index contributed by atoms with van der Waals surface area (Å²) in [7, 11) is 0. The highest BCUT2D eigenvalue weighted by molar-refractivity contribution is 7.21. The van der Waals surface area contributed by atoms with Crippen molar-refractivity contribution in [1.82, 2.24) is 10.2 Å². The summed E-state index contributed by atoms with van der Waals surface area (Å²) >= 11 is 7.84. The molecule has 154 valence electrons. The van der Waals surface area contributed by atoms with E-state index in [0.717, 1.165) is 27.6 Å². The summed E-state index contributed by atoms with van der Waals surface area (Å²) in [5, 5.41) is 4.19. The molecular formula is C22H17ClF2N2O2S. The molecule has 1 spiro atoms. The quantitative estimate of drug-likeness (QED) is 0.596. The number of hydrogen-bond donors (Lipinski definition) is 1. The van der Waals surface area contributed by atoms with Crippen molar-refractivity contribution in [1.29, 1.82) is 0 Å². The first-order valence-electron chi connectivity index (χ1n) is 9.56. The van der Waals surface area contributed by atoms with Crippen molar-refractivity contribution >= 4 is 44.8 Å². The lowest BCUT2D eigenvalue weighted by molar-refractivity contribution is -0.120. The van der Waals surface area contributed by atoms with Gasteiger partial charge in [0.2, 0.25) is 5.91 Å². The van der Waals surface area contributed by atoms with Crippen molar-refractivity contribution in [3.05, 3.63) is 57.9 Å². The van der Waals surface area contributed by atoms with Crippen molar-refractivity contribution in [2.45, 2.75) is 24.8 Å². The second-order valence-corrected chi connectivity index (χ2v) is 9.30.